The van der Waals surface area contributed by atoms with Crippen LogP contribution in [0.4, 0.5) is 4.70 Å². The molecular weight excluding hydrogens is 139 g/mol. The van der Waals surface area contributed by atoms with Crippen LogP contribution in [-0.4, -0.2) is 0 Å². The van der Waals surface area contributed by atoms with Crippen LogP contribution in [0.25, 0.3) is 0 Å². The van der Waals surface area contributed by atoms with Crippen LogP contribution in [0, 0.1) is 11.8 Å². The number of rotatable bonds is 0. The van der Waals surface area contributed by atoms with E-state index < -0.39 is 0 Å². The lowest BCUT2D eigenvalue weighted by molar-refractivity contribution is 0.301. The number of hydrogen-bond acceptors (Lipinski definition) is 0. The minimum Gasteiger partial charge on any atom is -0.269 e. The van der Waals surface area contributed by atoms with Crippen molar-refractivity contribution in [2.45, 2.75) is 53.4 Å². The average Bonchev–Trinajstić information content (AvgIpc) is 1.91. The second-order valence-corrected chi connectivity index (χ2v) is 3.38. The molecule has 11 heavy (non-hydrogen) atoms. The van der Waals surface area contributed by atoms with Crippen LogP contribution >= 0.6 is 0 Å². The smallest absolute Gasteiger partial charge is 0.0440 e. The summed E-state index contributed by atoms with van der Waals surface area (Å²) < 4.78 is 0. The van der Waals surface area contributed by atoms with Crippen molar-refractivity contribution < 1.29 is 4.70 Å². The SMILES string of the molecule is CC.CC1CCCC(C)C1.F. The highest BCUT2D eigenvalue weighted by Crippen LogP contribution is 2.27. The van der Waals surface area contributed by atoms with Gasteiger partial charge in [-0.05, 0) is 18.3 Å². The molecule has 0 aromatic carbocycles. The Labute approximate surface area is 70.8 Å². The van der Waals surface area contributed by atoms with Gasteiger partial charge in [0.15, 0.2) is 0 Å². The van der Waals surface area contributed by atoms with E-state index in [1.165, 1.54) is 25.7 Å². The molecule has 0 aromatic heterocycles. The molecule has 0 amide bonds. The van der Waals surface area contributed by atoms with Gasteiger partial charge in [0, 0.05) is 0 Å². The molecule has 0 bridgehead atoms. The first-order valence-corrected chi connectivity index (χ1v) is 4.79. The van der Waals surface area contributed by atoms with Crippen LogP contribution in [0.3, 0.4) is 0 Å². The third kappa shape index (κ3) is 6.33. The summed E-state index contributed by atoms with van der Waals surface area (Å²) in [6.45, 7) is 8.74. The highest BCUT2D eigenvalue weighted by Gasteiger charge is 2.13. The van der Waals surface area contributed by atoms with Crippen molar-refractivity contribution in [2.75, 3.05) is 0 Å². The number of hydrogen-bond donors (Lipinski definition) is 0. The Bertz CT molecular complexity index is 63.3. The lowest BCUT2D eigenvalue weighted by atomic mass is 9.84. The van der Waals surface area contributed by atoms with E-state index in [2.05, 4.69) is 13.8 Å². The Morgan fingerprint density at radius 2 is 1.27 bits per heavy atom. The molecule has 1 aliphatic rings. The Morgan fingerprint density at radius 1 is 0.909 bits per heavy atom. The summed E-state index contributed by atoms with van der Waals surface area (Å²) in [5, 5.41) is 0. The van der Waals surface area contributed by atoms with Crippen LogP contribution in [-0.2, 0) is 0 Å². The molecule has 0 radical (unpaired) electrons. The van der Waals surface area contributed by atoms with Crippen molar-refractivity contribution in [3.05, 3.63) is 0 Å². The second-order valence-electron chi connectivity index (χ2n) is 3.38. The van der Waals surface area contributed by atoms with E-state index in [4.69, 9.17) is 0 Å². The lowest BCUT2D eigenvalue weighted by Crippen LogP contribution is -2.09. The molecule has 2 unspecified atom stereocenters. The summed E-state index contributed by atoms with van der Waals surface area (Å²) in [5.41, 5.74) is 0. The topological polar surface area (TPSA) is 0 Å². The van der Waals surface area contributed by atoms with E-state index in [1.54, 1.807) is 0 Å². The molecule has 0 N–H and O–H groups in total. The molecule has 1 saturated carbocycles. The zero-order chi connectivity index (χ0) is 7.98. The lowest BCUT2D eigenvalue weighted by Gasteiger charge is -2.22. The third-order valence-corrected chi connectivity index (χ3v) is 2.20. The fourth-order valence-corrected chi connectivity index (χ4v) is 1.74. The molecule has 1 fully saturated rings. The average molecular weight is 162 g/mol. The molecule has 0 aromatic rings. The van der Waals surface area contributed by atoms with E-state index in [9.17, 15) is 0 Å². The van der Waals surface area contributed by atoms with Gasteiger partial charge in [0.05, 0.1) is 0 Å². The van der Waals surface area contributed by atoms with Gasteiger partial charge >= 0.3 is 0 Å². The second kappa shape index (κ2) is 8.03. The van der Waals surface area contributed by atoms with Crippen molar-refractivity contribution in [3.63, 3.8) is 0 Å². The van der Waals surface area contributed by atoms with Gasteiger partial charge in [0.2, 0.25) is 0 Å². The molecule has 0 nitrogen and oxygen atoms in total. The Morgan fingerprint density at radius 3 is 1.45 bits per heavy atom. The normalized spacial score (nSPS) is 29.5. The van der Waals surface area contributed by atoms with Crippen LogP contribution in [0.15, 0.2) is 0 Å². The molecule has 1 aliphatic carbocycles. The minimum absolute atomic E-state index is 0. The molecule has 2 atom stereocenters. The zero-order valence-corrected chi connectivity index (χ0v) is 8.39. The fraction of sp³-hybridized carbons (Fsp3) is 1.00. The molecule has 0 saturated heterocycles. The molecular formula is C10H23F. The summed E-state index contributed by atoms with van der Waals surface area (Å²) >= 11 is 0. The minimum atomic E-state index is 0. The van der Waals surface area contributed by atoms with E-state index in [1.807, 2.05) is 13.8 Å². The van der Waals surface area contributed by atoms with Crippen LogP contribution in [0.1, 0.15) is 53.4 Å². The van der Waals surface area contributed by atoms with Gasteiger partial charge < -0.3 is 0 Å². The van der Waals surface area contributed by atoms with E-state index in [0.29, 0.717) is 0 Å². The molecule has 0 aliphatic heterocycles. The predicted molar refractivity (Wildman–Crippen MR) is 50.6 cm³/mol. The van der Waals surface area contributed by atoms with Crippen LogP contribution in [0.5, 0.6) is 0 Å². The molecule has 1 heteroatoms. The van der Waals surface area contributed by atoms with Gasteiger partial charge in [-0.3, -0.25) is 4.70 Å². The predicted octanol–water partition coefficient (Wildman–Crippen LogP) is 4.01. The number of halogens is 1. The van der Waals surface area contributed by atoms with Crippen molar-refractivity contribution in [3.8, 4) is 0 Å². The van der Waals surface area contributed by atoms with Crippen LogP contribution in [0.2, 0.25) is 0 Å². The Hall–Kier alpha value is -0.0700. The quantitative estimate of drug-likeness (QED) is 0.505. The summed E-state index contributed by atoms with van der Waals surface area (Å²) in [5.74, 6) is 2.03. The standard InChI is InChI=1S/C8H16.C2H6.FH/c1-7-4-3-5-8(2)6-7;1-2;/h7-8H,3-6H2,1-2H3;1-2H3;1H. The van der Waals surface area contributed by atoms with E-state index in [0.717, 1.165) is 11.8 Å². The van der Waals surface area contributed by atoms with Crippen molar-refractivity contribution in [1.82, 2.24) is 0 Å². The molecule has 0 spiro atoms. The van der Waals surface area contributed by atoms with Gasteiger partial charge in [0.25, 0.3) is 0 Å². The van der Waals surface area contributed by atoms with Crippen molar-refractivity contribution >= 4 is 0 Å². The van der Waals surface area contributed by atoms with Gasteiger partial charge in [-0.1, -0.05) is 47.0 Å². The molecule has 1 rings (SSSR count). The first kappa shape index (κ1) is 13.5. The van der Waals surface area contributed by atoms with Gasteiger partial charge in [0.1, 0.15) is 0 Å². The van der Waals surface area contributed by atoms with E-state index in [-0.39, 0.29) is 4.70 Å². The Balaban J connectivity index is 0. The molecule has 0 heterocycles. The van der Waals surface area contributed by atoms with Gasteiger partial charge in [-0.15, -0.1) is 0 Å². The maximum Gasteiger partial charge on any atom is -0.0440 e. The van der Waals surface area contributed by atoms with Crippen LogP contribution < -0.4 is 0 Å². The summed E-state index contributed by atoms with van der Waals surface area (Å²) in [6, 6.07) is 0. The first-order chi connectivity index (χ1) is 4.79. The maximum absolute atomic E-state index is 2.37. The molecule has 70 valence electrons. The highest BCUT2D eigenvalue weighted by molar-refractivity contribution is 4.66. The largest absolute Gasteiger partial charge is 0.269 e. The maximum atomic E-state index is 2.37. The highest BCUT2D eigenvalue weighted by atomic mass is 19.0. The van der Waals surface area contributed by atoms with Crippen molar-refractivity contribution in [2.24, 2.45) is 11.8 Å². The fourth-order valence-electron chi connectivity index (χ4n) is 1.74. The summed E-state index contributed by atoms with van der Waals surface area (Å²) in [4.78, 5) is 0. The monoisotopic (exact) mass is 162 g/mol. The van der Waals surface area contributed by atoms with E-state index >= 15 is 0 Å². The summed E-state index contributed by atoms with van der Waals surface area (Å²) in [7, 11) is 0. The Kier molecular flexibility index (Phi) is 9.87. The van der Waals surface area contributed by atoms with Gasteiger partial charge in [-0.25, -0.2) is 0 Å². The third-order valence-electron chi connectivity index (χ3n) is 2.20. The first-order valence-electron chi connectivity index (χ1n) is 4.79. The van der Waals surface area contributed by atoms with Gasteiger partial charge in [-0.2, -0.15) is 0 Å². The van der Waals surface area contributed by atoms with Crippen molar-refractivity contribution in [1.29, 1.82) is 0 Å². The zero-order valence-electron chi connectivity index (χ0n) is 8.39. The summed E-state index contributed by atoms with van der Waals surface area (Å²) in [6.07, 6.45) is 5.90.